The van der Waals surface area contributed by atoms with Gasteiger partial charge in [0.15, 0.2) is 0 Å². The van der Waals surface area contributed by atoms with Crippen molar-refractivity contribution < 1.29 is 0 Å². The van der Waals surface area contributed by atoms with Crippen molar-refractivity contribution in [1.82, 2.24) is 14.8 Å². The second-order valence-electron chi connectivity index (χ2n) is 3.89. The van der Waals surface area contributed by atoms with Gasteiger partial charge in [0.2, 0.25) is 0 Å². The van der Waals surface area contributed by atoms with E-state index in [1.54, 1.807) is 23.3 Å². The monoisotopic (exact) mass is 218 g/mol. The lowest BCUT2D eigenvalue weighted by Crippen LogP contribution is -2.19. The number of aromatic nitrogens is 3. The van der Waals surface area contributed by atoms with Gasteiger partial charge in [0.25, 0.3) is 5.56 Å². The molecule has 0 bridgehead atoms. The van der Waals surface area contributed by atoms with Crippen LogP contribution in [0.5, 0.6) is 0 Å². The third kappa shape index (κ3) is 1.84. The molecule has 2 heterocycles. The number of rotatable bonds is 2. The number of aryl methyl sites for hydroxylation is 1. The molecule has 0 spiro atoms. The molecule has 1 atom stereocenters. The molecular weight excluding hydrogens is 204 g/mol. The molecule has 0 aromatic carbocycles. The van der Waals surface area contributed by atoms with Gasteiger partial charge in [-0.15, -0.1) is 0 Å². The molecule has 0 aliphatic carbocycles. The maximum Gasteiger partial charge on any atom is 0.253 e. The Morgan fingerprint density at radius 1 is 1.56 bits per heavy atom. The maximum absolute atomic E-state index is 11.7. The van der Waals surface area contributed by atoms with Crippen molar-refractivity contribution in [3.63, 3.8) is 0 Å². The molecule has 0 aliphatic rings. The molecular formula is C11H14N4O. The zero-order chi connectivity index (χ0) is 11.7. The van der Waals surface area contributed by atoms with Crippen LogP contribution in [0.2, 0.25) is 0 Å². The molecule has 84 valence electrons. The molecule has 2 aromatic rings. The Morgan fingerprint density at radius 3 is 2.94 bits per heavy atom. The third-order valence-corrected chi connectivity index (χ3v) is 2.54. The number of pyridine rings is 1. The molecule has 0 amide bonds. The molecule has 5 nitrogen and oxygen atoms in total. The number of nitrogens with zero attached hydrogens (tertiary/aromatic N) is 2. The quantitative estimate of drug-likeness (QED) is 0.791. The van der Waals surface area contributed by atoms with Crippen LogP contribution in [0.4, 0.5) is 5.69 Å². The molecule has 2 rings (SSSR count). The van der Waals surface area contributed by atoms with Crippen LogP contribution in [-0.2, 0) is 0 Å². The molecule has 3 N–H and O–H groups in total. The van der Waals surface area contributed by atoms with Crippen LogP contribution < -0.4 is 11.3 Å². The van der Waals surface area contributed by atoms with E-state index < -0.39 is 0 Å². The highest BCUT2D eigenvalue weighted by atomic mass is 16.1. The van der Waals surface area contributed by atoms with E-state index in [-0.39, 0.29) is 11.6 Å². The van der Waals surface area contributed by atoms with E-state index in [1.165, 1.54) is 0 Å². The van der Waals surface area contributed by atoms with E-state index in [4.69, 9.17) is 5.73 Å². The van der Waals surface area contributed by atoms with E-state index >= 15 is 0 Å². The summed E-state index contributed by atoms with van der Waals surface area (Å²) in [4.78, 5) is 14.4. The molecule has 1 unspecified atom stereocenters. The second kappa shape index (κ2) is 3.84. The SMILES string of the molecule is Cc1c[nH]c(=O)c(C(C)n2cc(N)cn2)c1. The zero-order valence-corrected chi connectivity index (χ0v) is 9.27. The number of nitrogens with one attached hydrogen (secondary N) is 1. The van der Waals surface area contributed by atoms with Crippen LogP contribution in [0.25, 0.3) is 0 Å². The summed E-state index contributed by atoms with van der Waals surface area (Å²) in [6, 6.07) is 1.74. The number of nitrogens with two attached hydrogens (primary N) is 1. The van der Waals surface area contributed by atoms with E-state index in [1.807, 2.05) is 19.9 Å². The third-order valence-electron chi connectivity index (χ3n) is 2.54. The van der Waals surface area contributed by atoms with Crippen molar-refractivity contribution in [1.29, 1.82) is 0 Å². The number of anilines is 1. The minimum Gasteiger partial charge on any atom is -0.396 e. The number of nitrogen functional groups attached to an aromatic ring is 1. The Hall–Kier alpha value is -2.04. The lowest BCUT2D eigenvalue weighted by atomic mass is 10.1. The van der Waals surface area contributed by atoms with Crippen molar-refractivity contribution in [2.45, 2.75) is 19.9 Å². The van der Waals surface area contributed by atoms with Gasteiger partial charge in [-0.1, -0.05) is 0 Å². The lowest BCUT2D eigenvalue weighted by molar-refractivity contribution is 0.559. The number of aromatic amines is 1. The molecule has 2 aromatic heterocycles. The molecule has 5 heteroatoms. The normalized spacial score (nSPS) is 12.6. The molecule has 0 saturated carbocycles. The van der Waals surface area contributed by atoms with Crippen molar-refractivity contribution in [3.05, 3.63) is 46.1 Å². The van der Waals surface area contributed by atoms with Gasteiger partial charge in [0.05, 0.1) is 17.9 Å². The number of hydrogen-bond donors (Lipinski definition) is 2. The van der Waals surface area contributed by atoms with Crippen molar-refractivity contribution in [3.8, 4) is 0 Å². The van der Waals surface area contributed by atoms with Gasteiger partial charge in [-0.3, -0.25) is 9.48 Å². The molecule has 0 aliphatic heterocycles. The summed E-state index contributed by atoms with van der Waals surface area (Å²) >= 11 is 0. The Balaban J connectivity index is 2.44. The summed E-state index contributed by atoms with van der Waals surface area (Å²) in [5, 5.41) is 4.10. The Labute approximate surface area is 92.9 Å². The first-order valence-electron chi connectivity index (χ1n) is 5.07. The highest BCUT2D eigenvalue weighted by molar-refractivity contribution is 5.31. The van der Waals surface area contributed by atoms with Crippen LogP contribution in [0, 0.1) is 6.92 Å². The smallest absolute Gasteiger partial charge is 0.253 e. The second-order valence-corrected chi connectivity index (χ2v) is 3.89. The highest BCUT2D eigenvalue weighted by Gasteiger charge is 2.12. The van der Waals surface area contributed by atoms with Gasteiger partial charge in [0.1, 0.15) is 0 Å². The van der Waals surface area contributed by atoms with Gasteiger partial charge in [-0.25, -0.2) is 0 Å². The van der Waals surface area contributed by atoms with Gasteiger partial charge in [-0.2, -0.15) is 5.10 Å². The largest absolute Gasteiger partial charge is 0.396 e. The number of hydrogen-bond acceptors (Lipinski definition) is 3. The van der Waals surface area contributed by atoms with E-state index in [0.29, 0.717) is 11.3 Å². The predicted molar refractivity (Wildman–Crippen MR) is 62.3 cm³/mol. The van der Waals surface area contributed by atoms with E-state index in [0.717, 1.165) is 5.56 Å². The fourth-order valence-electron chi connectivity index (χ4n) is 1.63. The van der Waals surface area contributed by atoms with Crippen LogP contribution >= 0.6 is 0 Å². The summed E-state index contributed by atoms with van der Waals surface area (Å²) in [6.45, 7) is 3.85. The first-order valence-corrected chi connectivity index (χ1v) is 5.07. The number of H-pyrrole nitrogens is 1. The summed E-state index contributed by atoms with van der Waals surface area (Å²) in [6.07, 6.45) is 4.98. The summed E-state index contributed by atoms with van der Waals surface area (Å²) < 4.78 is 1.68. The first kappa shape index (κ1) is 10.5. The van der Waals surface area contributed by atoms with Crippen molar-refractivity contribution in [2.75, 3.05) is 5.73 Å². The minimum absolute atomic E-state index is 0.0906. The fraction of sp³-hybridized carbons (Fsp3) is 0.273. The van der Waals surface area contributed by atoms with E-state index in [9.17, 15) is 4.79 Å². The van der Waals surface area contributed by atoms with Crippen LogP contribution in [-0.4, -0.2) is 14.8 Å². The van der Waals surface area contributed by atoms with Crippen molar-refractivity contribution in [2.24, 2.45) is 0 Å². The molecule has 16 heavy (non-hydrogen) atoms. The minimum atomic E-state index is -0.124. The molecule has 0 radical (unpaired) electrons. The first-order chi connectivity index (χ1) is 7.58. The summed E-state index contributed by atoms with van der Waals surface area (Å²) in [5.74, 6) is 0. The van der Waals surface area contributed by atoms with Gasteiger partial charge < -0.3 is 10.7 Å². The maximum atomic E-state index is 11.7. The van der Waals surface area contributed by atoms with Gasteiger partial charge in [-0.05, 0) is 25.5 Å². The van der Waals surface area contributed by atoms with Gasteiger partial charge >= 0.3 is 0 Å². The average Bonchev–Trinajstić information content (AvgIpc) is 2.67. The van der Waals surface area contributed by atoms with E-state index in [2.05, 4.69) is 10.1 Å². The highest BCUT2D eigenvalue weighted by Crippen LogP contribution is 2.15. The molecule has 0 fully saturated rings. The van der Waals surface area contributed by atoms with Crippen molar-refractivity contribution >= 4 is 5.69 Å². The van der Waals surface area contributed by atoms with Crippen LogP contribution in [0.3, 0.4) is 0 Å². The Kier molecular flexibility index (Phi) is 2.52. The topological polar surface area (TPSA) is 76.7 Å². The average molecular weight is 218 g/mol. The Bertz CT molecular complexity index is 555. The van der Waals surface area contributed by atoms with Crippen LogP contribution in [0.15, 0.2) is 29.5 Å². The zero-order valence-electron chi connectivity index (χ0n) is 9.27. The molecule has 0 saturated heterocycles. The lowest BCUT2D eigenvalue weighted by Gasteiger charge is -2.11. The predicted octanol–water partition coefficient (Wildman–Crippen LogP) is 1.07. The fourth-order valence-corrected chi connectivity index (χ4v) is 1.63. The van der Waals surface area contributed by atoms with Gasteiger partial charge in [0, 0.05) is 18.0 Å². The standard InChI is InChI=1S/C11H14N4O/c1-7-3-10(11(16)13-4-7)8(2)15-6-9(12)5-14-15/h3-6,8H,12H2,1-2H3,(H,13,16). The summed E-state index contributed by atoms with van der Waals surface area (Å²) in [7, 11) is 0. The summed E-state index contributed by atoms with van der Waals surface area (Å²) in [5.41, 5.74) is 7.79. The van der Waals surface area contributed by atoms with Crippen LogP contribution in [0.1, 0.15) is 24.1 Å². The Morgan fingerprint density at radius 2 is 2.31 bits per heavy atom.